The molecule has 0 nitrogen and oxygen atoms in total. The van der Waals surface area contributed by atoms with Crippen molar-refractivity contribution in [1.82, 2.24) is 0 Å². The predicted octanol–water partition coefficient (Wildman–Crippen LogP) is 6.49. The summed E-state index contributed by atoms with van der Waals surface area (Å²) >= 11 is 1.46. The SMILES string of the molecule is C=C(C[c-]1cccc1-c1c(C(C)(C)C)ccc2c1Cc1cc(C(C)(C)C)ccc1-2)C[Si](C)(C)C.[Cl-].[Cl-].[Zr+2]=[C](c1ccccc1)c1ccccc1. The van der Waals surface area contributed by atoms with Gasteiger partial charge in [0, 0.05) is 8.07 Å². The van der Waals surface area contributed by atoms with E-state index in [0.29, 0.717) is 0 Å². The van der Waals surface area contributed by atoms with Crippen LogP contribution in [-0.4, -0.2) is 11.3 Å². The molecule has 0 aromatic heterocycles. The van der Waals surface area contributed by atoms with Crippen LogP contribution >= 0.6 is 0 Å². The van der Waals surface area contributed by atoms with Crippen molar-refractivity contribution in [2.45, 2.75) is 90.9 Å². The minimum atomic E-state index is -1.17. The molecule has 0 heterocycles. The van der Waals surface area contributed by atoms with Gasteiger partial charge >= 0.3 is 99.2 Å². The Hall–Kier alpha value is -2.48. The zero-order chi connectivity index (χ0) is 34.9. The molecule has 5 aromatic rings. The fourth-order valence-corrected chi connectivity index (χ4v) is 9.43. The van der Waals surface area contributed by atoms with Crippen molar-refractivity contribution in [2.75, 3.05) is 0 Å². The Bertz CT molecular complexity index is 1870. The number of rotatable bonds is 7. The van der Waals surface area contributed by atoms with Gasteiger partial charge in [-0.05, 0) is 52.0 Å². The van der Waals surface area contributed by atoms with Crippen molar-refractivity contribution in [3.8, 4) is 22.3 Å². The van der Waals surface area contributed by atoms with Gasteiger partial charge in [0.15, 0.2) is 0 Å². The van der Waals surface area contributed by atoms with E-state index in [1.54, 1.807) is 0 Å². The number of hydrogen-bond donors (Lipinski definition) is 0. The summed E-state index contributed by atoms with van der Waals surface area (Å²) in [7, 11) is -1.17. The molecular formula is C46H53Cl2SiZr-. The maximum absolute atomic E-state index is 4.49. The summed E-state index contributed by atoms with van der Waals surface area (Å²) in [5.41, 5.74) is 17.3. The summed E-state index contributed by atoms with van der Waals surface area (Å²) in [6.07, 6.45) is 2.01. The van der Waals surface area contributed by atoms with Gasteiger partial charge in [0.1, 0.15) is 0 Å². The summed E-state index contributed by atoms with van der Waals surface area (Å²) < 4.78 is 1.42. The van der Waals surface area contributed by atoms with E-state index in [4.69, 9.17) is 0 Å². The number of halogens is 2. The van der Waals surface area contributed by atoms with Gasteiger partial charge in [0.2, 0.25) is 0 Å². The molecular weight excluding hydrogens is 743 g/mol. The molecule has 1 aliphatic rings. The molecule has 0 fully saturated rings. The molecule has 50 heavy (non-hydrogen) atoms. The molecule has 0 saturated carbocycles. The molecule has 0 aliphatic heterocycles. The molecule has 260 valence electrons. The van der Waals surface area contributed by atoms with Gasteiger partial charge in [-0.3, -0.25) is 0 Å². The second kappa shape index (κ2) is 16.9. The summed E-state index contributed by atoms with van der Waals surface area (Å²) in [4.78, 5) is 0. The van der Waals surface area contributed by atoms with Crippen LogP contribution in [0.25, 0.3) is 22.3 Å². The molecule has 6 rings (SSSR count). The van der Waals surface area contributed by atoms with Crippen LogP contribution in [-0.2, 0) is 47.9 Å². The molecule has 0 spiro atoms. The average molecular weight is 796 g/mol. The summed E-state index contributed by atoms with van der Waals surface area (Å²) in [5, 5.41) is 0. The van der Waals surface area contributed by atoms with Crippen LogP contribution in [0.3, 0.4) is 0 Å². The molecule has 0 amide bonds. The Morgan fingerprint density at radius 3 is 1.80 bits per heavy atom. The Morgan fingerprint density at radius 1 is 0.720 bits per heavy atom. The van der Waals surface area contributed by atoms with Crippen LogP contribution in [0, 0.1) is 0 Å². The minimum absolute atomic E-state index is 0. The van der Waals surface area contributed by atoms with Crippen molar-refractivity contribution >= 4 is 11.3 Å². The first-order chi connectivity index (χ1) is 22.5. The van der Waals surface area contributed by atoms with Crippen LogP contribution in [0.4, 0.5) is 0 Å². The zero-order valence-corrected chi connectivity index (χ0v) is 36.4. The third-order valence-electron chi connectivity index (χ3n) is 9.27. The molecule has 1 aliphatic carbocycles. The van der Waals surface area contributed by atoms with Crippen molar-refractivity contribution in [3.05, 3.63) is 160 Å². The van der Waals surface area contributed by atoms with E-state index in [1.165, 1.54) is 100 Å². The second-order valence-corrected chi connectivity index (χ2v) is 23.5. The van der Waals surface area contributed by atoms with Gasteiger partial charge in [-0.2, -0.15) is 18.2 Å². The Balaban J connectivity index is 0.000000355. The predicted molar refractivity (Wildman–Crippen MR) is 210 cm³/mol. The first-order valence-corrected chi connectivity index (χ1v) is 22.4. The number of fused-ring (bicyclic) bond motifs is 3. The van der Waals surface area contributed by atoms with Gasteiger partial charge in [-0.25, -0.2) is 0 Å². The summed E-state index contributed by atoms with van der Waals surface area (Å²) in [6, 6.07) is 41.2. The van der Waals surface area contributed by atoms with Crippen LogP contribution in [0.1, 0.15) is 80.5 Å². The third kappa shape index (κ3) is 10.1. The van der Waals surface area contributed by atoms with Crippen molar-refractivity contribution < 1.29 is 49.0 Å². The molecule has 0 unspecified atom stereocenters. The molecule has 0 saturated heterocycles. The van der Waals surface area contributed by atoms with E-state index in [1.807, 2.05) is 0 Å². The normalized spacial score (nSPS) is 12.1. The zero-order valence-electron chi connectivity index (χ0n) is 31.5. The van der Waals surface area contributed by atoms with E-state index in [-0.39, 0.29) is 35.6 Å². The van der Waals surface area contributed by atoms with Gasteiger partial charge in [-0.15, -0.1) is 17.7 Å². The van der Waals surface area contributed by atoms with E-state index in [2.05, 4.69) is 177 Å². The number of allylic oxidation sites excluding steroid dienone is 1. The molecule has 0 bridgehead atoms. The van der Waals surface area contributed by atoms with Crippen LogP contribution in [0.15, 0.2) is 121 Å². The van der Waals surface area contributed by atoms with Crippen LogP contribution in [0.5, 0.6) is 0 Å². The Kier molecular flexibility index (Phi) is 14.2. The Morgan fingerprint density at radius 2 is 1.28 bits per heavy atom. The quantitative estimate of drug-likeness (QED) is 0.0987. The first kappa shape index (κ1) is 41.9. The summed E-state index contributed by atoms with van der Waals surface area (Å²) in [6.45, 7) is 25.8. The molecule has 5 aromatic carbocycles. The standard InChI is InChI=1S/C33H43Si.C13H10.2ClH.Zr/c1-22(21-34(8,9)10)18-23-12-11-13-27(23)31-29-20-24-19-25(32(2,3)4)14-15-26(24)28(29)16-17-30(31)33(5,6)7;1-3-7-12(8-4-1)11-13-9-5-2-6-10-13;;;/h11-17,19H,1,18,20-21H2,2-10H3;1-10H;2*1H;/q-1;;;;+2/p-2. The fraction of sp³-hybridized carbons (Fsp3) is 0.304. The van der Waals surface area contributed by atoms with Gasteiger partial charge in [0.05, 0.1) is 0 Å². The molecule has 0 radical (unpaired) electrons. The number of benzene rings is 4. The first-order valence-electron chi connectivity index (χ1n) is 17.4. The van der Waals surface area contributed by atoms with E-state index < -0.39 is 8.07 Å². The van der Waals surface area contributed by atoms with E-state index in [0.717, 1.165) is 12.8 Å². The summed E-state index contributed by atoms with van der Waals surface area (Å²) in [5.74, 6) is 0. The van der Waals surface area contributed by atoms with Crippen LogP contribution < -0.4 is 24.8 Å². The monoisotopic (exact) mass is 793 g/mol. The maximum atomic E-state index is 4.49. The van der Waals surface area contributed by atoms with Crippen LogP contribution in [0.2, 0.25) is 25.7 Å². The molecule has 4 heteroatoms. The third-order valence-corrected chi connectivity index (χ3v) is 12.3. The topological polar surface area (TPSA) is 0 Å². The average Bonchev–Trinajstić information content (AvgIpc) is 3.63. The molecule has 0 atom stereocenters. The number of hydrogen-bond acceptors (Lipinski definition) is 0. The van der Waals surface area contributed by atoms with Crippen molar-refractivity contribution in [2.24, 2.45) is 0 Å². The van der Waals surface area contributed by atoms with Crippen molar-refractivity contribution in [1.29, 1.82) is 0 Å². The van der Waals surface area contributed by atoms with E-state index in [9.17, 15) is 0 Å². The van der Waals surface area contributed by atoms with E-state index >= 15 is 0 Å². The second-order valence-electron chi connectivity index (χ2n) is 16.8. The Labute approximate surface area is 331 Å². The van der Waals surface area contributed by atoms with Crippen molar-refractivity contribution in [3.63, 3.8) is 0 Å². The molecule has 0 N–H and O–H groups in total. The fourth-order valence-electron chi connectivity index (χ4n) is 6.99. The van der Waals surface area contributed by atoms with Gasteiger partial charge < -0.3 is 24.8 Å². The van der Waals surface area contributed by atoms with Gasteiger partial charge in [0.25, 0.3) is 0 Å². The van der Waals surface area contributed by atoms with Gasteiger partial charge in [-0.1, -0.05) is 114 Å².